The Morgan fingerprint density at radius 2 is 2.05 bits per heavy atom. The van der Waals surface area contributed by atoms with Gasteiger partial charge in [0.1, 0.15) is 5.82 Å². The third kappa shape index (κ3) is 1.98. The van der Waals surface area contributed by atoms with Crippen LogP contribution < -0.4 is 0 Å². The summed E-state index contributed by atoms with van der Waals surface area (Å²) in [5.41, 5.74) is 2.27. The maximum absolute atomic E-state index is 14.1. The molecule has 0 heterocycles. The number of rotatable bonds is 2. The minimum atomic E-state index is -0.955. The van der Waals surface area contributed by atoms with Crippen molar-refractivity contribution in [3.8, 4) is 11.1 Å². The van der Waals surface area contributed by atoms with E-state index in [0.717, 1.165) is 0 Å². The van der Waals surface area contributed by atoms with Crippen molar-refractivity contribution in [2.24, 2.45) is 0 Å². The molecule has 2 nitrogen and oxygen atoms in total. The Hall–Kier alpha value is -1.58. The van der Waals surface area contributed by atoms with E-state index in [1.807, 2.05) is 0 Å². The Balaban J connectivity index is 2.32. The van der Waals surface area contributed by atoms with Gasteiger partial charge in [0, 0.05) is 21.5 Å². The maximum atomic E-state index is 14.1. The first-order valence-electron chi connectivity index (χ1n) is 5.98. The molecule has 0 radical (unpaired) electrons. The van der Waals surface area contributed by atoms with E-state index >= 15 is 0 Å². The topological polar surface area (TPSA) is 37.3 Å². The van der Waals surface area contributed by atoms with Gasteiger partial charge in [0.25, 0.3) is 0 Å². The molecule has 1 aliphatic rings. The van der Waals surface area contributed by atoms with E-state index in [4.69, 9.17) is 28.3 Å². The molecule has 1 aliphatic carbocycles. The van der Waals surface area contributed by atoms with E-state index in [1.165, 1.54) is 6.07 Å². The van der Waals surface area contributed by atoms with Gasteiger partial charge in [-0.05, 0) is 34.9 Å². The number of benzene rings is 2. The van der Waals surface area contributed by atoms with Crippen molar-refractivity contribution in [3.63, 3.8) is 0 Å². The quantitative estimate of drug-likeness (QED) is 0.871. The van der Waals surface area contributed by atoms with Crippen LogP contribution in [0.4, 0.5) is 4.39 Å². The van der Waals surface area contributed by atoms with Crippen LogP contribution in [-0.2, 0) is 4.79 Å². The van der Waals surface area contributed by atoms with Gasteiger partial charge < -0.3 is 5.11 Å². The third-order valence-corrected chi connectivity index (χ3v) is 4.04. The first kappa shape index (κ1) is 13.4. The lowest BCUT2D eigenvalue weighted by atomic mass is 9.93. The van der Waals surface area contributed by atoms with Crippen molar-refractivity contribution in [1.82, 2.24) is 0 Å². The molecular weight excluding hydrogens is 302 g/mol. The predicted molar refractivity (Wildman–Crippen MR) is 76.0 cm³/mol. The first-order chi connectivity index (χ1) is 9.49. The summed E-state index contributed by atoms with van der Waals surface area (Å²) in [6.07, 6.45) is -0.134. The monoisotopic (exact) mass is 310 g/mol. The summed E-state index contributed by atoms with van der Waals surface area (Å²) in [6, 6.07) is 7.84. The van der Waals surface area contributed by atoms with E-state index < -0.39 is 17.7 Å². The summed E-state index contributed by atoms with van der Waals surface area (Å²) >= 11 is 12.2. The van der Waals surface area contributed by atoms with E-state index in [9.17, 15) is 9.18 Å². The van der Waals surface area contributed by atoms with Crippen molar-refractivity contribution in [2.45, 2.75) is 12.3 Å². The van der Waals surface area contributed by atoms with Gasteiger partial charge in [0.15, 0.2) is 0 Å². The number of hydrogen-bond acceptors (Lipinski definition) is 1. The van der Waals surface area contributed by atoms with Gasteiger partial charge >= 0.3 is 5.97 Å². The molecule has 0 saturated heterocycles. The van der Waals surface area contributed by atoms with Crippen molar-refractivity contribution < 1.29 is 14.3 Å². The van der Waals surface area contributed by atoms with E-state index in [2.05, 4.69) is 0 Å². The highest BCUT2D eigenvalue weighted by Crippen LogP contribution is 2.51. The normalized spacial score (nSPS) is 15.8. The first-order valence-corrected chi connectivity index (χ1v) is 6.74. The molecular formula is C15H9Cl2FO2. The lowest BCUT2D eigenvalue weighted by Gasteiger charge is -2.12. The molecule has 0 bridgehead atoms. The maximum Gasteiger partial charge on any atom is 0.304 e. The van der Waals surface area contributed by atoms with Crippen molar-refractivity contribution in [2.75, 3.05) is 0 Å². The van der Waals surface area contributed by atoms with Crippen molar-refractivity contribution in [3.05, 3.63) is 57.3 Å². The minimum Gasteiger partial charge on any atom is -0.481 e. The van der Waals surface area contributed by atoms with Crippen LogP contribution in [0.5, 0.6) is 0 Å². The number of halogens is 3. The standard InChI is InChI=1S/C15H9Cl2FO2/c16-7-4-10-14(11(17)5-7)9(6-13(19)20)8-2-1-3-12(18)15(8)10/h1-5,9H,6H2,(H,19,20). The summed E-state index contributed by atoms with van der Waals surface area (Å²) in [4.78, 5) is 11.1. The minimum absolute atomic E-state index is 0.134. The predicted octanol–water partition coefficient (Wildman–Crippen LogP) is 4.72. The number of carbonyl (C=O) groups is 1. The van der Waals surface area contributed by atoms with Gasteiger partial charge in [-0.2, -0.15) is 0 Å². The molecule has 102 valence electrons. The second kappa shape index (κ2) is 4.76. The molecule has 1 N–H and O–H groups in total. The SMILES string of the molecule is O=C(O)CC1c2cccc(F)c2-c2cc(Cl)cc(Cl)c21. The molecule has 3 rings (SSSR count). The average molecular weight is 311 g/mol. The molecule has 20 heavy (non-hydrogen) atoms. The molecule has 1 unspecified atom stereocenters. The molecule has 1 atom stereocenters. The molecule has 0 aromatic heterocycles. The highest BCUT2D eigenvalue weighted by molar-refractivity contribution is 6.36. The number of carboxylic acids is 1. The van der Waals surface area contributed by atoms with Gasteiger partial charge in [-0.3, -0.25) is 4.79 Å². The van der Waals surface area contributed by atoms with Gasteiger partial charge in [-0.15, -0.1) is 0 Å². The number of aliphatic carboxylic acids is 1. The zero-order chi connectivity index (χ0) is 14.4. The highest BCUT2D eigenvalue weighted by atomic mass is 35.5. The fourth-order valence-corrected chi connectivity index (χ4v) is 3.43. The Kier molecular flexibility index (Phi) is 3.19. The fraction of sp³-hybridized carbons (Fsp3) is 0.133. The van der Waals surface area contributed by atoms with Gasteiger partial charge in [0.2, 0.25) is 0 Å². The Morgan fingerprint density at radius 3 is 2.75 bits per heavy atom. The van der Waals surface area contributed by atoms with E-state index in [1.54, 1.807) is 24.3 Å². The third-order valence-electron chi connectivity index (χ3n) is 3.51. The van der Waals surface area contributed by atoms with Gasteiger partial charge in [-0.1, -0.05) is 35.3 Å². The van der Waals surface area contributed by atoms with Crippen LogP contribution in [0.1, 0.15) is 23.5 Å². The molecule has 2 aromatic rings. The Labute approximate surface area is 124 Å². The van der Waals surface area contributed by atoms with Crippen molar-refractivity contribution in [1.29, 1.82) is 0 Å². The molecule has 0 saturated carbocycles. The second-order valence-electron chi connectivity index (χ2n) is 4.70. The molecule has 0 aliphatic heterocycles. The van der Waals surface area contributed by atoms with Crippen LogP contribution in [0.2, 0.25) is 10.0 Å². The molecule has 0 fully saturated rings. The summed E-state index contributed by atoms with van der Waals surface area (Å²) in [5.74, 6) is -1.79. The van der Waals surface area contributed by atoms with Crippen LogP contribution in [0.25, 0.3) is 11.1 Å². The lowest BCUT2D eigenvalue weighted by molar-refractivity contribution is -0.137. The smallest absolute Gasteiger partial charge is 0.304 e. The number of hydrogen-bond donors (Lipinski definition) is 1. The van der Waals surface area contributed by atoms with E-state index in [-0.39, 0.29) is 6.42 Å². The summed E-state index contributed by atoms with van der Waals surface area (Å²) in [6.45, 7) is 0. The van der Waals surface area contributed by atoms with Crippen molar-refractivity contribution >= 4 is 29.2 Å². The lowest BCUT2D eigenvalue weighted by Crippen LogP contribution is -2.05. The number of carboxylic acid groups (broad SMARTS) is 1. The summed E-state index contributed by atoms with van der Waals surface area (Å²) < 4.78 is 14.1. The van der Waals surface area contributed by atoms with Crippen LogP contribution in [0, 0.1) is 5.82 Å². The molecule has 5 heteroatoms. The van der Waals surface area contributed by atoms with Gasteiger partial charge in [-0.25, -0.2) is 4.39 Å². The van der Waals surface area contributed by atoms with E-state index in [0.29, 0.717) is 32.3 Å². The van der Waals surface area contributed by atoms with Crippen LogP contribution in [-0.4, -0.2) is 11.1 Å². The Morgan fingerprint density at radius 1 is 1.30 bits per heavy atom. The molecule has 0 spiro atoms. The molecule has 0 amide bonds. The molecule has 2 aromatic carbocycles. The largest absolute Gasteiger partial charge is 0.481 e. The fourth-order valence-electron chi connectivity index (χ4n) is 2.80. The average Bonchev–Trinajstić information content (AvgIpc) is 2.64. The van der Waals surface area contributed by atoms with Crippen LogP contribution in [0.15, 0.2) is 30.3 Å². The zero-order valence-corrected chi connectivity index (χ0v) is 11.7. The Bertz CT molecular complexity index is 728. The summed E-state index contributed by atoms with van der Waals surface area (Å²) in [7, 11) is 0. The second-order valence-corrected chi connectivity index (χ2v) is 5.55. The zero-order valence-electron chi connectivity index (χ0n) is 10.2. The number of fused-ring (bicyclic) bond motifs is 3. The van der Waals surface area contributed by atoms with Crippen LogP contribution >= 0.6 is 23.2 Å². The van der Waals surface area contributed by atoms with Crippen LogP contribution in [0.3, 0.4) is 0 Å². The highest BCUT2D eigenvalue weighted by Gasteiger charge is 2.34. The van der Waals surface area contributed by atoms with Gasteiger partial charge in [0.05, 0.1) is 6.42 Å². The summed E-state index contributed by atoms with van der Waals surface area (Å²) in [5, 5.41) is 9.85.